The summed E-state index contributed by atoms with van der Waals surface area (Å²) in [6.07, 6.45) is 10.7. The molecule has 1 aliphatic heterocycles. The highest BCUT2D eigenvalue weighted by Gasteiger charge is 2.21. The van der Waals surface area contributed by atoms with Crippen LogP contribution in [0, 0.1) is 0 Å². The van der Waals surface area contributed by atoms with Crippen molar-refractivity contribution in [3.63, 3.8) is 0 Å². The molecule has 3 nitrogen and oxygen atoms in total. The van der Waals surface area contributed by atoms with Crippen molar-refractivity contribution in [2.75, 3.05) is 20.2 Å². The zero-order valence-corrected chi connectivity index (χ0v) is 12.7. The molecule has 1 aromatic heterocycles. The van der Waals surface area contributed by atoms with E-state index in [2.05, 4.69) is 47.4 Å². The summed E-state index contributed by atoms with van der Waals surface area (Å²) in [4.78, 5) is 5.86. The predicted octanol–water partition coefficient (Wildman–Crippen LogP) is 3.20. The Hall–Kier alpha value is -1.58. The smallest absolute Gasteiger partial charge is 0.0465 e. The second-order valence-corrected chi connectivity index (χ2v) is 6.01. The number of rotatable bonds is 5. The van der Waals surface area contributed by atoms with Crippen molar-refractivity contribution in [3.05, 3.63) is 41.6 Å². The zero-order chi connectivity index (χ0) is 14.7. The Morgan fingerprint density at radius 3 is 3.10 bits per heavy atom. The van der Waals surface area contributed by atoms with Crippen molar-refractivity contribution < 1.29 is 5.11 Å². The molecule has 1 aliphatic rings. The van der Waals surface area contributed by atoms with E-state index in [1.807, 2.05) is 6.08 Å². The number of aromatic amines is 1. The van der Waals surface area contributed by atoms with Gasteiger partial charge < -0.3 is 15.0 Å². The number of benzene rings is 1. The van der Waals surface area contributed by atoms with Crippen LogP contribution in [0.4, 0.5) is 0 Å². The molecule has 21 heavy (non-hydrogen) atoms. The van der Waals surface area contributed by atoms with Crippen molar-refractivity contribution >= 4 is 17.0 Å². The Labute approximate surface area is 126 Å². The van der Waals surface area contributed by atoms with Gasteiger partial charge in [0.1, 0.15) is 0 Å². The molecule has 3 heteroatoms. The first-order valence-corrected chi connectivity index (χ1v) is 7.85. The molecule has 0 bridgehead atoms. The average molecular weight is 284 g/mol. The highest BCUT2D eigenvalue weighted by atomic mass is 16.2. The Balaban J connectivity index is 1.83. The second kappa shape index (κ2) is 6.46. The zero-order valence-electron chi connectivity index (χ0n) is 12.7. The first-order chi connectivity index (χ1) is 10.3. The molecule has 112 valence electrons. The molecule has 0 aliphatic carbocycles. The van der Waals surface area contributed by atoms with E-state index in [0.29, 0.717) is 12.5 Å². The minimum absolute atomic E-state index is 0.210. The van der Waals surface area contributed by atoms with Crippen molar-refractivity contribution in [2.24, 2.45) is 0 Å². The van der Waals surface area contributed by atoms with Crippen molar-refractivity contribution in [1.82, 2.24) is 9.88 Å². The standard InChI is InChI=1S/C18H24N2O/c1-20-9-4-6-16(20)12-15-13-19-18-8-7-14(11-17(15)18)5-2-3-10-21/h2,5,7-8,11,13,16,19,21H,3-4,6,9-10,12H2,1H3/t16-/m1/s1. The van der Waals surface area contributed by atoms with Crippen LogP contribution < -0.4 is 0 Å². The highest BCUT2D eigenvalue weighted by Crippen LogP contribution is 2.25. The number of hydrogen-bond acceptors (Lipinski definition) is 2. The van der Waals surface area contributed by atoms with Gasteiger partial charge in [-0.05, 0) is 62.5 Å². The van der Waals surface area contributed by atoms with Crippen molar-refractivity contribution in [2.45, 2.75) is 31.7 Å². The van der Waals surface area contributed by atoms with Crippen LogP contribution in [0.25, 0.3) is 17.0 Å². The SMILES string of the molecule is CN1CCC[C@@H]1Cc1c[nH]c2ccc(C=CCCO)cc12. The summed E-state index contributed by atoms with van der Waals surface area (Å²) in [6.45, 7) is 1.43. The first kappa shape index (κ1) is 14.4. The third-order valence-electron chi connectivity index (χ3n) is 4.52. The topological polar surface area (TPSA) is 39.3 Å². The molecule has 0 saturated carbocycles. The maximum atomic E-state index is 8.85. The highest BCUT2D eigenvalue weighted by molar-refractivity contribution is 5.85. The third-order valence-corrected chi connectivity index (χ3v) is 4.52. The molecular formula is C18H24N2O. The summed E-state index contributed by atoms with van der Waals surface area (Å²) in [5.41, 5.74) is 3.84. The number of hydrogen-bond donors (Lipinski definition) is 2. The van der Waals surface area contributed by atoms with E-state index in [9.17, 15) is 0 Å². The van der Waals surface area contributed by atoms with E-state index < -0.39 is 0 Å². The molecule has 2 aromatic rings. The monoisotopic (exact) mass is 284 g/mol. The fourth-order valence-electron chi connectivity index (χ4n) is 3.25. The van der Waals surface area contributed by atoms with E-state index in [4.69, 9.17) is 5.11 Å². The molecule has 0 amide bonds. The van der Waals surface area contributed by atoms with Gasteiger partial charge in [0, 0.05) is 29.7 Å². The summed E-state index contributed by atoms with van der Waals surface area (Å²) in [6, 6.07) is 7.20. The number of H-pyrrole nitrogens is 1. The van der Waals surface area contributed by atoms with Crippen LogP contribution in [-0.2, 0) is 6.42 Å². The van der Waals surface area contributed by atoms with E-state index in [-0.39, 0.29) is 6.61 Å². The van der Waals surface area contributed by atoms with E-state index in [0.717, 1.165) is 6.42 Å². The van der Waals surface area contributed by atoms with Gasteiger partial charge >= 0.3 is 0 Å². The Morgan fingerprint density at radius 2 is 2.33 bits per heavy atom. The minimum Gasteiger partial charge on any atom is -0.396 e. The fraction of sp³-hybridized carbons (Fsp3) is 0.444. The first-order valence-electron chi connectivity index (χ1n) is 7.85. The molecular weight excluding hydrogens is 260 g/mol. The lowest BCUT2D eigenvalue weighted by atomic mass is 10.0. The van der Waals surface area contributed by atoms with Crippen LogP contribution in [-0.4, -0.2) is 41.2 Å². The van der Waals surface area contributed by atoms with E-state index in [1.54, 1.807) is 0 Å². The average Bonchev–Trinajstić information content (AvgIpc) is 3.07. The summed E-state index contributed by atoms with van der Waals surface area (Å²) < 4.78 is 0. The summed E-state index contributed by atoms with van der Waals surface area (Å²) in [5.74, 6) is 0. The number of aliphatic hydroxyl groups excluding tert-OH is 1. The molecule has 0 spiro atoms. The molecule has 3 rings (SSSR count). The number of nitrogens with zero attached hydrogens (tertiary/aromatic N) is 1. The Kier molecular flexibility index (Phi) is 4.42. The summed E-state index contributed by atoms with van der Waals surface area (Å²) in [5, 5.41) is 10.2. The number of likely N-dealkylation sites (tertiary alicyclic amines) is 1. The molecule has 0 unspecified atom stereocenters. The van der Waals surface area contributed by atoms with Gasteiger partial charge in [0.2, 0.25) is 0 Å². The molecule has 2 N–H and O–H groups in total. The molecule has 0 radical (unpaired) electrons. The maximum Gasteiger partial charge on any atom is 0.0465 e. The van der Waals surface area contributed by atoms with Crippen LogP contribution in [0.2, 0.25) is 0 Å². The van der Waals surface area contributed by atoms with Crippen LogP contribution in [0.15, 0.2) is 30.5 Å². The van der Waals surface area contributed by atoms with Crippen molar-refractivity contribution in [1.29, 1.82) is 0 Å². The number of aromatic nitrogens is 1. The summed E-state index contributed by atoms with van der Waals surface area (Å²) >= 11 is 0. The van der Waals surface area contributed by atoms with Gasteiger partial charge in [0.25, 0.3) is 0 Å². The third kappa shape index (κ3) is 3.20. The fourth-order valence-corrected chi connectivity index (χ4v) is 3.25. The van der Waals surface area contributed by atoms with Gasteiger partial charge in [0.15, 0.2) is 0 Å². The molecule has 2 heterocycles. The largest absolute Gasteiger partial charge is 0.396 e. The number of likely N-dealkylation sites (N-methyl/N-ethyl adjacent to an activating group) is 1. The molecule has 1 atom stereocenters. The van der Waals surface area contributed by atoms with Crippen molar-refractivity contribution in [3.8, 4) is 0 Å². The van der Waals surface area contributed by atoms with E-state index in [1.165, 1.54) is 41.4 Å². The lowest BCUT2D eigenvalue weighted by Gasteiger charge is -2.18. The van der Waals surface area contributed by atoms with Crippen LogP contribution in [0.5, 0.6) is 0 Å². The minimum atomic E-state index is 0.210. The van der Waals surface area contributed by atoms with Gasteiger partial charge in [-0.1, -0.05) is 18.2 Å². The van der Waals surface area contributed by atoms with Gasteiger partial charge in [-0.3, -0.25) is 0 Å². The van der Waals surface area contributed by atoms with Crippen LogP contribution in [0.1, 0.15) is 30.4 Å². The van der Waals surface area contributed by atoms with Gasteiger partial charge in [0.05, 0.1) is 0 Å². The van der Waals surface area contributed by atoms with Crippen LogP contribution >= 0.6 is 0 Å². The quantitative estimate of drug-likeness (QED) is 0.885. The Bertz CT molecular complexity index is 629. The Morgan fingerprint density at radius 1 is 1.43 bits per heavy atom. The molecule has 1 fully saturated rings. The molecule has 1 aromatic carbocycles. The van der Waals surface area contributed by atoms with Gasteiger partial charge in [-0.15, -0.1) is 0 Å². The number of nitrogens with one attached hydrogen (secondary N) is 1. The number of aliphatic hydroxyl groups is 1. The van der Waals surface area contributed by atoms with Crippen LogP contribution in [0.3, 0.4) is 0 Å². The maximum absolute atomic E-state index is 8.85. The lowest BCUT2D eigenvalue weighted by molar-refractivity contribution is 0.303. The number of fused-ring (bicyclic) bond motifs is 1. The normalized spacial score (nSPS) is 20.0. The lowest BCUT2D eigenvalue weighted by Crippen LogP contribution is -2.26. The van der Waals surface area contributed by atoms with E-state index >= 15 is 0 Å². The van der Waals surface area contributed by atoms with Gasteiger partial charge in [-0.2, -0.15) is 0 Å². The molecule has 1 saturated heterocycles. The predicted molar refractivity (Wildman–Crippen MR) is 88.4 cm³/mol. The summed E-state index contributed by atoms with van der Waals surface area (Å²) in [7, 11) is 2.23. The van der Waals surface area contributed by atoms with Gasteiger partial charge in [-0.25, -0.2) is 0 Å². The second-order valence-electron chi connectivity index (χ2n) is 6.01.